The first-order valence-electron chi connectivity index (χ1n) is 4.60. The number of aromatic nitrogens is 1. The minimum absolute atomic E-state index is 0.369. The lowest BCUT2D eigenvalue weighted by Gasteiger charge is -1.95. The van der Waals surface area contributed by atoms with Crippen molar-refractivity contribution in [2.75, 3.05) is 0 Å². The zero-order valence-corrected chi connectivity index (χ0v) is 8.04. The second kappa shape index (κ2) is 4.37. The quantitative estimate of drug-likeness (QED) is 0.683. The summed E-state index contributed by atoms with van der Waals surface area (Å²) in [6, 6.07) is 14.3. The van der Waals surface area contributed by atoms with Gasteiger partial charge in [0.25, 0.3) is 0 Å². The minimum Gasteiger partial charge on any atom is -0.239 e. The maximum absolute atomic E-state index is 11.6. The van der Waals surface area contributed by atoms with Crippen molar-refractivity contribution < 1.29 is 14.4 Å². The van der Waals surface area contributed by atoms with Crippen molar-refractivity contribution in [3.63, 3.8) is 0 Å². The van der Waals surface area contributed by atoms with Gasteiger partial charge in [0.05, 0.1) is 5.56 Å². The summed E-state index contributed by atoms with van der Waals surface area (Å²) in [4.78, 5) is 16.6. The van der Waals surface area contributed by atoms with Crippen LogP contribution in [0.1, 0.15) is 10.4 Å². The van der Waals surface area contributed by atoms with Gasteiger partial charge in [-0.2, -0.15) is 4.84 Å². The Kier molecular flexibility index (Phi) is 2.74. The van der Waals surface area contributed by atoms with Crippen molar-refractivity contribution in [3.8, 4) is 0 Å². The highest BCUT2D eigenvalue weighted by Crippen LogP contribution is 1.97. The molecule has 0 N–H and O–H groups in total. The van der Waals surface area contributed by atoms with Crippen molar-refractivity contribution >= 4 is 5.97 Å². The van der Waals surface area contributed by atoms with E-state index in [0.717, 1.165) is 0 Å². The topological polar surface area (TPSA) is 30.2 Å². The van der Waals surface area contributed by atoms with Crippen LogP contribution in [0.4, 0.5) is 0 Å². The molecular weight excluding hydrogens is 190 g/mol. The van der Waals surface area contributed by atoms with Crippen LogP contribution >= 0.6 is 0 Å². The molecule has 1 aromatic heterocycles. The number of pyridine rings is 1. The highest BCUT2D eigenvalue weighted by molar-refractivity contribution is 5.88. The first-order valence-corrected chi connectivity index (χ1v) is 4.60. The van der Waals surface area contributed by atoms with E-state index in [0.29, 0.717) is 5.56 Å². The van der Waals surface area contributed by atoms with Gasteiger partial charge in [0.1, 0.15) is 0 Å². The van der Waals surface area contributed by atoms with Gasteiger partial charge < -0.3 is 0 Å². The Morgan fingerprint density at radius 2 is 1.53 bits per heavy atom. The predicted molar refractivity (Wildman–Crippen MR) is 54.0 cm³/mol. The van der Waals surface area contributed by atoms with E-state index in [1.165, 1.54) is 4.73 Å². The Hall–Kier alpha value is -2.16. The first-order chi connectivity index (χ1) is 7.36. The van der Waals surface area contributed by atoms with Gasteiger partial charge in [-0.25, -0.2) is 4.79 Å². The van der Waals surface area contributed by atoms with Crippen LogP contribution in [0.2, 0.25) is 0 Å². The van der Waals surface area contributed by atoms with Crippen LogP contribution < -0.4 is 9.57 Å². The predicted octanol–water partition coefficient (Wildman–Crippen LogP) is 1.24. The maximum Gasteiger partial charge on any atom is 0.411 e. The number of benzene rings is 1. The van der Waals surface area contributed by atoms with E-state index in [9.17, 15) is 4.79 Å². The zero-order valence-electron chi connectivity index (χ0n) is 8.04. The average molecular weight is 200 g/mol. The molecule has 0 aliphatic heterocycles. The summed E-state index contributed by atoms with van der Waals surface area (Å²) in [5, 5.41) is 0. The molecule has 0 fully saturated rings. The molecule has 0 atom stereocenters. The largest absolute Gasteiger partial charge is 0.411 e. The second-order valence-electron chi connectivity index (χ2n) is 2.98. The molecule has 0 aliphatic rings. The normalized spacial score (nSPS) is 9.60. The van der Waals surface area contributed by atoms with Crippen LogP contribution in [-0.2, 0) is 0 Å². The molecule has 2 rings (SSSR count). The fourth-order valence-electron chi connectivity index (χ4n) is 1.17. The smallest absolute Gasteiger partial charge is 0.239 e. The zero-order chi connectivity index (χ0) is 10.5. The molecule has 2 aromatic rings. The summed E-state index contributed by atoms with van der Waals surface area (Å²) in [7, 11) is 0. The number of carbonyl (C=O) groups excluding carboxylic acids is 1. The summed E-state index contributed by atoms with van der Waals surface area (Å²) < 4.78 is 1.37. The summed E-state index contributed by atoms with van der Waals surface area (Å²) >= 11 is 0. The third-order valence-corrected chi connectivity index (χ3v) is 1.89. The van der Waals surface area contributed by atoms with E-state index >= 15 is 0 Å². The molecule has 0 aliphatic carbocycles. The van der Waals surface area contributed by atoms with Crippen LogP contribution in [0.15, 0.2) is 60.9 Å². The molecule has 74 valence electrons. The van der Waals surface area contributed by atoms with Crippen LogP contribution in [0.25, 0.3) is 0 Å². The Morgan fingerprint density at radius 1 is 0.933 bits per heavy atom. The number of carbonyl (C=O) groups is 1. The molecule has 0 saturated carbocycles. The fraction of sp³-hybridized carbons (Fsp3) is 0. The van der Waals surface area contributed by atoms with E-state index in [2.05, 4.69) is 0 Å². The van der Waals surface area contributed by atoms with Gasteiger partial charge in [-0.1, -0.05) is 24.3 Å². The lowest BCUT2D eigenvalue weighted by molar-refractivity contribution is -0.868. The standard InChI is InChI=1S/C12H10NO2/c14-12(11-7-3-1-4-8-11)15-13-9-5-2-6-10-13/h1-10H/q+1. The van der Waals surface area contributed by atoms with Gasteiger partial charge in [0, 0.05) is 16.9 Å². The second-order valence-corrected chi connectivity index (χ2v) is 2.98. The Morgan fingerprint density at radius 3 is 2.20 bits per heavy atom. The van der Waals surface area contributed by atoms with Crippen LogP contribution in [0.3, 0.4) is 0 Å². The third kappa shape index (κ3) is 2.40. The average Bonchev–Trinajstić information content (AvgIpc) is 2.31. The van der Waals surface area contributed by atoms with E-state index in [-0.39, 0.29) is 5.97 Å². The molecule has 0 amide bonds. The van der Waals surface area contributed by atoms with Crippen molar-refractivity contribution in [3.05, 3.63) is 66.5 Å². The SMILES string of the molecule is O=C(O[n+]1ccccc1)c1ccccc1. The lowest BCUT2D eigenvalue weighted by Crippen LogP contribution is -2.44. The van der Waals surface area contributed by atoms with Crippen LogP contribution in [-0.4, -0.2) is 5.97 Å². The molecule has 0 bridgehead atoms. The third-order valence-electron chi connectivity index (χ3n) is 1.89. The van der Waals surface area contributed by atoms with Gasteiger partial charge >= 0.3 is 5.97 Å². The van der Waals surface area contributed by atoms with Crippen molar-refractivity contribution in [1.29, 1.82) is 0 Å². The van der Waals surface area contributed by atoms with Gasteiger partial charge in [0.2, 0.25) is 12.4 Å². The number of hydrogen-bond donors (Lipinski definition) is 0. The highest BCUT2D eigenvalue weighted by atomic mass is 16.7. The molecular formula is C12H10NO2+. The Balaban J connectivity index is 2.12. The van der Waals surface area contributed by atoms with E-state index in [1.54, 1.807) is 48.8 Å². The van der Waals surface area contributed by atoms with E-state index in [4.69, 9.17) is 4.84 Å². The number of rotatable bonds is 2. The summed E-state index contributed by atoms with van der Waals surface area (Å²) in [6.45, 7) is 0. The summed E-state index contributed by atoms with van der Waals surface area (Å²) in [6.07, 6.45) is 3.34. The maximum atomic E-state index is 11.6. The first kappa shape index (κ1) is 9.40. The lowest BCUT2D eigenvalue weighted by atomic mass is 10.2. The summed E-state index contributed by atoms with van der Waals surface area (Å²) in [5.74, 6) is -0.369. The molecule has 1 aromatic carbocycles. The molecule has 15 heavy (non-hydrogen) atoms. The van der Waals surface area contributed by atoms with Gasteiger partial charge in [-0.05, 0) is 12.1 Å². The van der Waals surface area contributed by atoms with E-state index < -0.39 is 0 Å². The van der Waals surface area contributed by atoms with Gasteiger partial charge in [-0.15, -0.1) is 0 Å². The minimum atomic E-state index is -0.369. The molecule has 1 heterocycles. The summed E-state index contributed by atoms with van der Waals surface area (Å²) in [5.41, 5.74) is 0.536. The molecule has 3 nitrogen and oxygen atoms in total. The number of nitrogens with zero attached hydrogens (tertiary/aromatic N) is 1. The Labute approximate surface area is 87.5 Å². The molecule has 0 saturated heterocycles. The van der Waals surface area contributed by atoms with Crippen molar-refractivity contribution in [1.82, 2.24) is 0 Å². The fourth-order valence-corrected chi connectivity index (χ4v) is 1.17. The molecule has 0 spiro atoms. The van der Waals surface area contributed by atoms with Gasteiger partial charge in [0.15, 0.2) is 0 Å². The molecule has 3 heteroatoms. The highest BCUT2D eigenvalue weighted by Gasteiger charge is 2.12. The molecule has 0 unspecified atom stereocenters. The van der Waals surface area contributed by atoms with Crippen LogP contribution in [0.5, 0.6) is 0 Å². The van der Waals surface area contributed by atoms with E-state index in [1.807, 2.05) is 12.1 Å². The van der Waals surface area contributed by atoms with Crippen LogP contribution in [0, 0.1) is 0 Å². The molecule has 0 radical (unpaired) electrons. The monoisotopic (exact) mass is 200 g/mol. The number of hydrogen-bond acceptors (Lipinski definition) is 2. The Bertz CT molecular complexity index is 440. The van der Waals surface area contributed by atoms with Crippen molar-refractivity contribution in [2.24, 2.45) is 0 Å². The van der Waals surface area contributed by atoms with Crippen molar-refractivity contribution in [2.45, 2.75) is 0 Å². The van der Waals surface area contributed by atoms with Gasteiger partial charge in [-0.3, -0.25) is 0 Å².